The maximum atomic E-state index is 9.27. The molecule has 0 spiro atoms. The van der Waals surface area contributed by atoms with E-state index in [2.05, 4.69) is 10.2 Å². The van der Waals surface area contributed by atoms with E-state index in [0.717, 1.165) is 5.75 Å². The predicted molar refractivity (Wildman–Crippen MR) is 70.3 cm³/mol. The van der Waals surface area contributed by atoms with Gasteiger partial charge in [-0.05, 0) is 42.5 Å². The molecule has 1 N–H and O–H groups in total. The molecular formula is C13H11ClN2O2. The number of rotatable bonds is 3. The molecule has 2 aromatic rings. The smallest absolute Gasteiger partial charge is 0.134 e. The van der Waals surface area contributed by atoms with Gasteiger partial charge in [-0.2, -0.15) is 10.2 Å². The SMILES string of the molecule is COc1ccc(N=Nc2ccc(O)c(Cl)c2)cc1. The van der Waals surface area contributed by atoms with Crippen LogP contribution in [0.25, 0.3) is 0 Å². The first-order valence-corrected chi connectivity index (χ1v) is 5.61. The van der Waals surface area contributed by atoms with Gasteiger partial charge >= 0.3 is 0 Å². The molecule has 0 unspecified atom stereocenters. The molecule has 0 bridgehead atoms. The van der Waals surface area contributed by atoms with E-state index in [0.29, 0.717) is 11.4 Å². The Bertz CT molecular complexity index is 568. The van der Waals surface area contributed by atoms with Crippen molar-refractivity contribution in [1.82, 2.24) is 0 Å². The highest BCUT2D eigenvalue weighted by atomic mass is 35.5. The van der Waals surface area contributed by atoms with Gasteiger partial charge in [0.2, 0.25) is 0 Å². The fourth-order valence-electron chi connectivity index (χ4n) is 1.32. The molecule has 2 aromatic carbocycles. The highest BCUT2D eigenvalue weighted by molar-refractivity contribution is 6.32. The Morgan fingerprint density at radius 1 is 1.00 bits per heavy atom. The molecule has 0 fully saturated rings. The topological polar surface area (TPSA) is 54.2 Å². The molecule has 18 heavy (non-hydrogen) atoms. The molecule has 0 atom stereocenters. The maximum Gasteiger partial charge on any atom is 0.134 e. The Labute approximate surface area is 110 Å². The molecule has 0 radical (unpaired) electrons. The molecule has 4 nitrogen and oxygen atoms in total. The summed E-state index contributed by atoms with van der Waals surface area (Å²) in [4.78, 5) is 0. The van der Waals surface area contributed by atoms with Crippen LogP contribution in [0, 0.1) is 0 Å². The van der Waals surface area contributed by atoms with E-state index in [9.17, 15) is 5.11 Å². The third kappa shape index (κ3) is 2.99. The van der Waals surface area contributed by atoms with Crippen molar-refractivity contribution in [3.8, 4) is 11.5 Å². The van der Waals surface area contributed by atoms with Crippen LogP contribution >= 0.6 is 11.6 Å². The molecule has 0 heterocycles. The van der Waals surface area contributed by atoms with Gasteiger partial charge in [-0.15, -0.1) is 0 Å². The summed E-state index contributed by atoms with van der Waals surface area (Å²) in [6.45, 7) is 0. The third-order valence-electron chi connectivity index (χ3n) is 2.28. The zero-order valence-electron chi connectivity index (χ0n) is 9.67. The van der Waals surface area contributed by atoms with E-state index in [1.807, 2.05) is 0 Å². The Morgan fingerprint density at radius 3 is 2.22 bits per heavy atom. The zero-order valence-corrected chi connectivity index (χ0v) is 10.4. The number of phenolic OH excluding ortho intramolecular Hbond substituents is 1. The van der Waals surface area contributed by atoms with Gasteiger partial charge in [0.25, 0.3) is 0 Å². The number of hydrogen-bond acceptors (Lipinski definition) is 4. The summed E-state index contributed by atoms with van der Waals surface area (Å²) in [7, 11) is 1.61. The molecule has 0 saturated carbocycles. The van der Waals surface area contributed by atoms with Gasteiger partial charge in [-0.1, -0.05) is 11.6 Å². The molecule has 0 aliphatic heterocycles. The standard InChI is InChI=1S/C13H11ClN2O2/c1-18-11-5-2-9(3-6-11)15-16-10-4-7-13(17)12(14)8-10/h2-8,17H,1H3. The van der Waals surface area contributed by atoms with Crippen LogP contribution in [0.2, 0.25) is 5.02 Å². The molecule has 0 amide bonds. The molecule has 92 valence electrons. The number of nitrogens with zero attached hydrogens (tertiary/aromatic N) is 2. The van der Waals surface area contributed by atoms with Crippen molar-refractivity contribution in [3.05, 3.63) is 47.5 Å². The molecule has 0 aromatic heterocycles. The first-order valence-electron chi connectivity index (χ1n) is 5.23. The Morgan fingerprint density at radius 2 is 1.61 bits per heavy atom. The van der Waals surface area contributed by atoms with Crippen LogP contribution in [0.4, 0.5) is 11.4 Å². The van der Waals surface area contributed by atoms with Crippen LogP contribution < -0.4 is 4.74 Å². The van der Waals surface area contributed by atoms with Gasteiger partial charge in [0.05, 0.1) is 23.5 Å². The second kappa shape index (κ2) is 5.51. The molecule has 0 aliphatic carbocycles. The Kier molecular flexibility index (Phi) is 3.79. The largest absolute Gasteiger partial charge is 0.506 e. The highest BCUT2D eigenvalue weighted by Crippen LogP contribution is 2.28. The number of phenols is 1. The number of halogens is 1. The number of hydrogen-bond donors (Lipinski definition) is 1. The number of benzene rings is 2. The summed E-state index contributed by atoms with van der Waals surface area (Å²) < 4.78 is 5.04. The van der Waals surface area contributed by atoms with Gasteiger partial charge in [0.1, 0.15) is 11.5 Å². The van der Waals surface area contributed by atoms with Crippen LogP contribution in [0.15, 0.2) is 52.7 Å². The quantitative estimate of drug-likeness (QED) is 0.830. The summed E-state index contributed by atoms with van der Waals surface area (Å²) in [5.74, 6) is 0.793. The fourth-order valence-corrected chi connectivity index (χ4v) is 1.50. The lowest BCUT2D eigenvalue weighted by atomic mass is 10.3. The van der Waals surface area contributed by atoms with Crippen LogP contribution in [-0.4, -0.2) is 12.2 Å². The van der Waals surface area contributed by atoms with Crippen LogP contribution in [0.3, 0.4) is 0 Å². The molecular weight excluding hydrogens is 252 g/mol. The lowest BCUT2D eigenvalue weighted by Gasteiger charge is -1.99. The van der Waals surface area contributed by atoms with E-state index in [1.165, 1.54) is 6.07 Å². The first-order chi connectivity index (χ1) is 8.69. The van der Waals surface area contributed by atoms with E-state index in [4.69, 9.17) is 16.3 Å². The van der Waals surface area contributed by atoms with Gasteiger partial charge in [-0.25, -0.2) is 0 Å². The molecule has 5 heteroatoms. The summed E-state index contributed by atoms with van der Waals surface area (Å²) in [5, 5.41) is 17.6. The summed E-state index contributed by atoms with van der Waals surface area (Å²) >= 11 is 5.77. The third-order valence-corrected chi connectivity index (χ3v) is 2.59. The Balaban J connectivity index is 2.16. The van der Waals surface area contributed by atoms with E-state index >= 15 is 0 Å². The van der Waals surface area contributed by atoms with E-state index < -0.39 is 0 Å². The van der Waals surface area contributed by atoms with E-state index in [-0.39, 0.29) is 10.8 Å². The summed E-state index contributed by atoms with van der Waals surface area (Å²) in [6.07, 6.45) is 0. The van der Waals surface area contributed by atoms with Gasteiger partial charge < -0.3 is 9.84 Å². The van der Waals surface area contributed by atoms with Crippen molar-refractivity contribution < 1.29 is 9.84 Å². The van der Waals surface area contributed by atoms with Crippen molar-refractivity contribution >= 4 is 23.0 Å². The van der Waals surface area contributed by atoms with Crippen molar-refractivity contribution in [2.24, 2.45) is 10.2 Å². The normalized spacial score (nSPS) is 10.8. The van der Waals surface area contributed by atoms with Crippen molar-refractivity contribution in [2.75, 3.05) is 7.11 Å². The zero-order chi connectivity index (χ0) is 13.0. The lowest BCUT2D eigenvalue weighted by molar-refractivity contribution is 0.415. The number of methoxy groups -OCH3 is 1. The van der Waals surface area contributed by atoms with Crippen molar-refractivity contribution in [3.63, 3.8) is 0 Å². The van der Waals surface area contributed by atoms with Gasteiger partial charge in [0.15, 0.2) is 0 Å². The molecule has 2 rings (SSSR count). The van der Waals surface area contributed by atoms with Crippen molar-refractivity contribution in [1.29, 1.82) is 0 Å². The van der Waals surface area contributed by atoms with Crippen LogP contribution in [-0.2, 0) is 0 Å². The minimum absolute atomic E-state index is 0.0278. The second-order valence-electron chi connectivity index (χ2n) is 3.53. The second-order valence-corrected chi connectivity index (χ2v) is 3.94. The van der Waals surface area contributed by atoms with Crippen LogP contribution in [0.5, 0.6) is 11.5 Å². The minimum atomic E-state index is 0.0278. The lowest BCUT2D eigenvalue weighted by Crippen LogP contribution is -1.79. The van der Waals surface area contributed by atoms with Crippen LogP contribution in [0.1, 0.15) is 0 Å². The highest BCUT2D eigenvalue weighted by Gasteiger charge is 1.98. The average molecular weight is 263 g/mol. The predicted octanol–water partition coefficient (Wildman–Crippen LogP) is 4.47. The number of aromatic hydroxyl groups is 1. The minimum Gasteiger partial charge on any atom is -0.506 e. The summed E-state index contributed by atoms with van der Waals surface area (Å²) in [6, 6.07) is 11.9. The van der Waals surface area contributed by atoms with E-state index in [1.54, 1.807) is 43.5 Å². The number of azo groups is 1. The average Bonchev–Trinajstić information content (AvgIpc) is 2.41. The Hall–Kier alpha value is -2.07. The van der Waals surface area contributed by atoms with Gasteiger partial charge in [0, 0.05) is 0 Å². The molecule has 0 saturated heterocycles. The van der Waals surface area contributed by atoms with Gasteiger partial charge in [-0.3, -0.25) is 0 Å². The molecule has 0 aliphatic rings. The fraction of sp³-hybridized carbons (Fsp3) is 0.0769. The maximum absolute atomic E-state index is 9.27. The first kappa shape index (κ1) is 12.4. The van der Waals surface area contributed by atoms with Crippen molar-refractivity contribution in [2.45, 2.75) is 0 Å². The summed E-state index contributed by atoms with van der Waals surface area (Å²) in [5.41, 5.74) is 1.29. The number of ether oxygens (including phenoxy) is 1. The monoisotopic (exact) mass is 262 g/mol.